The largest absolute Gasteiger partial charge is 1.00 e. The van der Waals surface area contributed by atoms with Crippen LogP contribution in [0.25, 0.3) is 0 Å². The van der Waals surface area contributed by atoms with E-state index in [1.54, 1.807) is 12.3 Å². The van der Waals surface area contributed by atoms with Crippen LogP contribution in [0.4, 0.5) is 26.0 Å². The highest BCUT2D eigenvalue weighted by molar-refractivity contribution is 6.37. The molecule has 0 saturated heterocycles. The number of anilines is 3. The Balaban J connectivity index is 0. The molecule has 4 aromatic heterocycles. The van der Waals surface area contributed by atoms with Crippen molar-refractivity contribution in [2.75, 3.05) is 23.4 Å². The zero-order valence-electron chi connectivity index (χ0n) is 22.2. The van der Waals surface area contributed by atoms with Crippen LogP contribution in [0.5, 0.6) is 0 Å². The number of unbranched alkanes of at least 4 members (excludes halogenated alkanes) is 1. The topological polar surface area (TPSA) is 189 Å². The summed E-state index contributed by atoms with van der Waals surface area (Å²) in [4.78, 5) is 21.4. The predicted molar refractivity (Wildman–Crippen MR) is 160 cm³/mol. The molecule has 0 aliphatic heterocycles. The lowest BCUT2D eigenvalue weighted by molar-refractivity contribution is -0.393. The second kappa shape index (κ2) is 23.6. The van der Waals surface area contributed by atoms with E-state index in [0.717, 1.165) is 12.8 Å². The molecule has 0 atom stereocenters. The number of aromatic nitrogens is 6. The van der Waals surface area contributed by atoms with E-state index < -0.39 is 5.82 Å². The fourth-order valence-corrected chi connectivity index (χ4v) is 2.80. The number of aliphatic hydroxyl groups excluding tert-OH is 1. The third-order valence-electron chi connectivity index (χ3n) is 4.48. The van der Waals surface area contributed by atoms with Gasteiger partial charge in [0.1, 0.15) is 29.8 Å². The van der Waals surface area contributed by atoms with Crippen LogP contribution in [-0.4, -0.2) is 36.6 Å². The molecule has 0 aromatic carbocycles. The normalized spacial score (nSPS) is 9.24. The lowest BCUT2D eigenvalue weighted by Crippen LogP contribution is -3.00. The molecule has 0 aliphatic rings. The highest BCUT2D eigenvalue weighted by Crippen LogP contribution is 2.22. The van der Waals surface area contributed by atoms with Gasteiger partial charge < -0.3 is 40.0 Å². The fourth-order valence-electron chi connectivity index (χ4n) is 2.35. The van der Waals surface area contributed by atoms with Crippen molar-refractivity contribution in [2.45, 2.75) is 32.9 Å². The summed E-state index contributed by atoms with van der Waals surface area (Å²) in [6.45, 7) is 2.78. The number of halogens is 7. The zero-order chi connectivity index (χ0) is 29.9. The number of nitrogens with one attached hydrogen (secondary N) is 2. The smallest absolute Gasteiger partial charge is 0.229 e. The first-order valence-corrected chi connectivity index (χ1v) is 12.8. The van der Waals surface area contributed by atoms with Crippen molar-refractivity contribution in [3.8, 4) is 0 Å². The molecule has 0 spiro atoms. The first kappa shape index (κ1) is 41.2. The van der Waals surface area contributed by atoms with E-state index in [4.69, 9.17) is 57.1 Å². The highest BCUT2D eigenvalue weighted by Gasteiger charge is 2.07. The van der Waals surface area contributed by atoms with Gasteiger partial charge in [-0.2, -0.15) is 4.39 Å². The van der Waals surface area contributed by atoms with E-state index in [0.29, 0.717) is 18.1 Å². The van der Waals surface area contributed by atoms with Gasteiger partial charge in [-0.1, -0.05) is 48.1 Å². The molecule has 4 heterocycles. The summed E-state index contributed by atoms with van der Waals surface area (Å²) in [7, 11) is 0. The van der Waals surface area contributed by atoms with Gasteiger partial charge in [0, 0.05) is 18.9 Å². The van der Waals surface area contributed by atoms with E-state index in [-0.39, 0.29) is 76.2 Å². The van der Waals surface area contributed by atoms with Crippen molar-refractivity contribution in [3.05, 3.63) is 87.8 Å². The second-order valence-electron chi connectivity index (χ2n) is 7.36. The minimum Gasteiger partial charge on any atom is -1.00 e. The molecule has 9 N–H and O–H groups in total. The number of aliphatic hydroxyl groups is 1. The minimum absolute atomic E-state index is 0. The summed E-state index contributed by atoms with van der Waals surface area (Å²) in [6.07, 6.45) is 7.72. The summed E-state index contributed by atoms with van der Waals surface area (Å²) >= 11 is 16.6. The Morgan fingerprint density at radius 3 is 1.93 bits per heavy atom. The van der Waals surface area contributed by atoms with Gasteiger partial charge in [0.2, 0.25) is 5.69 Å². The molecule has 0 aliphatic carbocycles. The van der Waals surface area contributed by atoms with E-state index in [1.165, 1.54) is 37.1 Å². The number of aromatic amines is 1. The van der Waals surface area contributed by atoms with Crippen LogP contribution in [0.3, 0.4) is 0 Å². The Hall–Kier alpha value is -2.91. The standard InChI is InChI=1S/C10H9ClFN5.C6H7FN2.C4H3Cl2N3.C4H10O.2ClH/c11-9-8(13)10(17-5-16-9)15-4-7-6(12)2-1-3-14-7;7-5-2-1-3-9-6(5)4-8;5-3-2(7)4(6)9-1-8-3;1-2-3-4-5;;/h1-3,5H,4,13H2,(H,15,16,17);1-3H,4,8H2;1H,7H2;5H,2-4H2,1H3;2*1H. The van der Waals surface area contributed by atoms with Crippen molar-refractivity contribution >= 4 is 64.4 Å². The van der Waals surface area contributed by atoms with E-state index in [2.05, 4.69) is 42.1 Å². The van der Waals surface area contributed by atoms with Gasteiger partial charge in [-0.05, 0) is 24.6 Å². The summed E-state index contributed by atoms with van der Waals surface area (Å²) < 4.78 is 25.8. The molecule has 4 rings (SSSR count). The van der Waals surface area contributed by atoms with Crippen molar-refractivity contribution in [1.29, 1.82) is 0 Å². The number of hydrogen-bond donors (Lipinski definition) is 5. The quantitative estimate of drug-likeness (QED) is 0.186. The van der Waals surface area contributed by atoms with Crippen LogP contribution in [0.15, 0.2) is 49.3 Å². The molecule has 0 unspecified atom stereocenters. The van der Waals surface area contributed by atoms with E-state index in [9.17, 15) is 8.78 Å². The zero-order valence-corrected chi connectivity index (χ0v) is 26.1. The summed E-state index contributed by atoms with van der Waals surface area (Å²) in [5.74, 6) is -0.311. The molecule has 0 saturated carbocycles. The van der Waals surface area contributed by atoms with Crippen LogP contribution in [0.1, 0.15) is 31.2 Å². The van der Waals surface area contributed by atoms with Crippen LogP contribution in [0, 0.1) is 11.6 Å². The molecular weight excluding hydrogens is 660 g/mol. The van der Waals surface area contributed by atoms with Gasteiger partial charge >= 0.3 is 0 Å². The van der Waals surface area contributed by atoms with Crippen LogP contribution in [-0.2, 0) is 13.1 Å². The van der Waals surface area contributed by atoms with Gasteiger partial charge in [0.05, 0.1) is 18.8 Å². The van der Waals surface area contributed by atoms with Crippen molar-refractivity contribution in [3.63, 3.8) is 0 Å². The first-order valence-electron chi connectivity index (χ1n) is 11.6. The van der Waals surface area contributed by atoms with Gasteiger partial charge in [0.15, 0.2) is 33.3 Å². The molecule has 4 aromatic rings. The summed E-state index contributed by atoms with van der Waals surface area (Å²) in [5, 5.41) is 11.5. The number of rotatable bonds is 6. The fraction of sp³-hybridized carbons (Fsp3) is 0.250. The van der Waals surface area contributed by atoms with E-state index >= 15 is 0 Å². The van der Waals surface area contributed by atoms with Gasteiger partial charge in [-0.25, -0.2) is 29.3 Å². The number of pyridine rings is 2. The molecular formula is C24H31Cl5F2N10O. The van der Waals surface area contributed by atoms with Gasteiger partial charge in [-0.15, -0.1) is 12.4 Å². The highest BCUT2D eigenvalue weighted by atomic mass is 35.5. The second-order valence-corrected chi connectivity index (χ2v) is 8.43. The van der Waals surface area contributed by atoms with Crippen molar-refractivity contribution < 1.29 is 31.3 Å². The lowest BCUT2D eigenvalue weighted by Gasteiger charge is -2.08. The summed E-state index contributed by atoms with van der Waals surface area (Å²) in [5.41, 5.74) is 17.3. The number of hydrogen-bond acceptors (Lipinski definition) is 10. The number of nitrogens with zero attached hydrogens (tertiary/aromatic N) is 5. The van der Waals surface area contributed by atoms with Gasteiger partial charge in [0.25, 0.3) is 0 Å². The third-order valence-corrected chi connectivity index (χ3v) is 5.38. The van der Waals surface area contributed by atoms with E-state index in [1.807, 2.05) is 0 Å². The number of nitrogens with two attached hydrogens (primary N) is 3. The Morgan fingerprint density at radius 2 is 1.48 bits per heavy atom. The SMILES string of the molecule is CCCCO.Cl.NCc1[nH+]cccc1F.Nc1c(Cl)ncnc1Cl.Nc1c(Cl)ncnc1NCc1ncccc1F.[Cl-]. The van der Waals surface area contributed by atoms with Crippen LogP contribution in [0.2, 0.25) is 15.5 Å². The molecule has 0 amide bonds. The molecule has 0 fully saturated rings. The Labute approximate surface area is 269 Å². The molecule has 18 heteroatoms. The van der Waals surface area contributed by atoms with Crippen molar-refractivity contribution in [2.24, 2.45) is 5.73 Å². The average molecular weight is 691 g/mol. The van der Waals surface area contributed by atoms with Crippen LogP contribution >= 0.6 is 47.2 Å². The molecule has 0 bridgehead atoms. The summed E-state index contributed by atoms with van der Waals surface area (Å²) in [6, 6.07) is 5.82. The number of nitrogen functional groups attached to an aromatic ring is 2. The molecule has 0 radical (unpaired) electrons. The maximum atomic E-state index is 13.3. The number of H-pyrrole nitrogens is 1. The Kier molecular flexibility index (Phi) is 23.2. The first-order chi connectivity index (χ1) is 19.2. The Bertz CT molecular complexity index is 1290. The molecule has 11 nitrogen and oxygen atoms in total. The maximum Gasteiger partial charge on any atom is 0.229 e. The van der Waals surface area contributed by atoms with Crippen molar-refractivity contribution in [1.82, 2.24) is 24.9 Å². The maximum absolute atomic E-state index is 13.3. The lowest BCUT2D eigenvalue weighted by atomic mass is 10.3. The third kappa shape index (κ3) is 15.4. The average Bonchev–Trinajstić information content (AvgIpc) is 2.95. The minimum atomic E-state index is -0.390. The predicted octanol–water partition coefficient (Wildman–Crippen LogP) is 1.53. The molecule has 232 valence electrons. The van der Waals surface area contributed by atoms with Gasteiger partial charge in [-0.3, -0.25) is 4.98 Å². The monoisotopic (exact) mass is 688 g/mol. The van der Waals surface area contributed by atoms with Crippen LogP contribution < -0.4 is 39.9 Å². The molecule has 42 heavy (non-hydrogen) atoms. The Morgan fingerprint density at radius 1 is 0.905 bits per heavy atom.